The van der Waals surface area contributed by atoms with Crippen molar-refractivity contribution in [1.82, 2.24) is 0 Å². The third kappa shape index (κ3) is 1.60. The molecule has 3 aliphatic rings. The van der Waals surface area contributed by atoms with Crippen LogP contribution < -0.4 is 0 Å². The number of benzene rings is 2. The molecule has 0 saturated carbocycles. The van der Waals surface area contributed by atoms with Gasteiger partial charge in [0.15, 0.2) is 0 Å². The van der Waals surface area contributed by atoms with E-state index in [1.807, 2.05) is 0 Å². The first-order valence-corrected chi connectivity index (χ1v) is 7.60. The van der Waals surface area contributed by atoms with E-state index < -0.39 is 0 Å². The topological polar surface area (TPSA) is 0 Å². The Morgan fingerprint density at radius 1 is 0.737 bits per heavy atom. The summed E-state index contributed by atoms with van der Waals surface area (Å²) in [5.74, 6) is 0.620. The molecular formula is C17H14Cl2. The molecule has 0 aromatic heterocycles. The molecule has 0 nitrogen and oxygen atoms in total. The Hall–Kier alpha value is -0.980. The van der Waals surface area contributed by atoms with E-state index >= 15 is 0 Å². The van der Waals surface area contributed by atoms with Crippen LogP contribution in [0.25, 0.3) is 0 Å². The van der Waals surface area contributed by atoms with Crippen molar-refractivity contribution in [2.45, 2.75) is 29.0 Å². The minimum Gasteiger partial charge on any atom is -0.122 e. The van der Waals surface area contributed by atoms with Gasteiger partial charge in [0.25, 0.3) is 0 Å². The van der Waals surface area contributed by atoms with Crippen molar-refractivity contribution in [2.75, 3.05) is 0 Å². The third-order valence-corrected chi connectivity index (χ3v) is 5.52. The van der Waals surface area contributed by atoms with E-state index in [9.17, 15) is 0 Å². The Kier molecular flexibility index (Phi) is 2.65. The molecule has 19 heavy (non-hydrogen) atoms. The predicted molar refractivity (Wildman–Crippen MR) is 80.3 cm³/mol. The van der Waals surface area contributed by atoms with Crippen LogP contribution in [-0.2, 0) is 0 Å². The van der Waals surface area contributed by atoms with Crippen molar-refractivity contribution in [3.63, 3.8) is 0 Å². The first kappa shape index (κ1) is 11.8. The van der Waals surface area contributed by atoms with Gasteiger partial charge in [-0.05, 0) is 28.7 Å². The Balaban J connectivity index is 2.05. The van der Waals surface area contributed by atoms with Crippen LogP contribution in [0.5, 0.6) is 0 Å². The molecule has 0 N–H and O–H groups in total. The molecule has 96 valence electrons. The van der Waals surface area contributed by atoms with Gasteiger partial charge in [-0.2, -0.15) is 0 Å². The van der Waals surface area contributed by atoms with Gasteiger partial charge in [-0.15, -0.1) is 23.2 Å². The summed E-state index contributed by atoms with van der Waals surface area (Å²) in [6.45, 7) is 0. The predicted octanol–water partition coefficient (Wildman–Crippen LogP) is 5.21. The minimum absolute atomic E-state index is 0.0334. The van der Waals surface area contributed by atoms with Gasteiger partial charge in [0.05, 0.1) is 5.38 Å². The summed E-state index contributed by atoms with van der Waals surface area (Å²) in [4.78, 5) is 0. The molecule has 4 atom stereocenters. The molecule has 0 amide bonds. The van der Waals surface area contributed by atoms with Gasteiger partial charge in [0.2, 0.25) is 0 Å². The molecule has 2 aromatic carbocycles. The first-order chi connectivity index (χ1) is 9.27. The lowest BCUT2D eigenvalue weighted by atomic mass is 9.76. The fraction of sp³-hybridized carbons (Fsp3) is 0.294. The molecule has 3 aliphatic carbocycles. The molecule has 0 aliphatic heterocycles. The highest BCUT2D eigenvalue weighted by atomic mass is 35.5. The Morgan fingerprint density at radius 2 is 1.26 bits per heavy atom. The summed E-state index contributed by atoms with van der Waals surface area (Å²) < 4.78 is 0. The monoisotopic (exact) mass is 288 g/mol. The number of halogens is 2. The number of hydrogen-bond acceptors (Lipinski definition) is 0. The van der Waals surface area contributed by atoms with E-state index in [1.165, 1.54) is 22.3 Å². The van der Waals surface area contributed by atoms with Gasteiger partial charge in [-0.25, -0.2) is 0 Å². The largest absolute Gasteiger partial charge is 0.122 e. The number of fused-ring (bicyclic) bond motifs is 1. The van der Waals surface area contributed by atoms with Crippen LogP contribution in [0.2, 0.25) is 0 Å². The number of alkyl halides is 2. The van der Waals surface area contributed by atoms with E-state index in [-0.39, 0.29) is 16.7 Å². The molecule has 0 heterocycles. The van der Waals surface area contributed by atoms with E-state index in [2.05, 4.69) is 48.5 Å². The van der Waals surface area contributed by atoms with Crippen molar-refractivity contribution in [2.24, 2.45) is 0 Å². The summed E-state index contributed by atoms with van der Waals surface area (Å²) in [6.07, 6.45) is 0.964. The second-order valence-corrected chi connectivity index (χ2v) is 6.53. The fourth-order valence-electron chi connectivity index (χ4n) is 3.73. The van der Waals surface area contributed by atoms with Crippen molar-refractivity contribution >= 4 is 23.2 Å². The van der Waals surface area contributed by atoms with Gasteiger partial charge in [-0.1, -0.05) is 48.5 Å². The maximum absolute atomic E-state index is 6.78. The summed E-state index contributed by atoms with van der Waals surface area (Å²) >= 11 is 13.5. The number of hydrogen-bond donors (Lipinski definition) is 0. The smallest absolute Gasteiger partial charge is 0.0657 e. The van der Waals surface area contributed by atoms with Gasteiger partial charge in [0, 0.05) is 17.2 Å². The highest BCUT2D eigenvalue weighted by Gasteiger charge is 2.43. The average Bonchev–Trinajstić information content (AvgIpc) is 2.62. The highest BCUT2D eigenvalue weighted by molar-refractivity contribution is 6.23. The molecule has 2 heteroatoms. The van der Waals surface area contributed by atoms with Crippen LogP contribution in [0.15, 0.2) is 48.5 Å². The summed E-state index contributed by atoms with van der Waals surface area (Å²) in [7, 11) is 0. The zero-order chi connectivity index (χ0) is 13.0. The van der Waals surface area contributed by atoms with Crippen LogP contribution in [0.3, 0.4) is 0 Å². The Bertz CT molecular complexity index is 629. The van der Waals surface area contributed by atoms with Crippen molar-refractivity contribution < 1.29 is 0 Å². The van der Waals surface area contributed by atoms with E-state index in [4.69, 9.17) is 23.2 Å². The van der Waals surface area contributed by atoms with Crippen LogP contribution in [0.4, 0.5) is 0 Å². The molecule has 2 aromatic rings. The zero-order valence-corrected chi connectivity index (χ0v) is 11.9. The van der Waals surface area contributed by atoms with Gasteiger partial charge in [-0.3, -0.25) is 0 Å². The number of rotatable bonds is 0. The molecule has 0 spiro atoms. The van der Waals surface area contributed by atoms with E-state index in [0.29, 0.717) is 5.92 Å². The quantitative estimate of drug-likeness (QED) is 0.584. The maximum atomic E-state index is 6.78. The summed E-state index contributed by atoms with van der Waals surface area (Å²) in [5.41, 5.74) is 5.34. The van der Waals surface area contributed by atoms with Crippen LogP contribution >= 0.6 is 23.2 Å². The molecular weight excluding hydrogens is 275 g/mol. The van der Waals surface area contributed by atoms with Gasteiger partial charge < -0.3 is 0 Å². The van der Waals surface area contributed by atoms with Crippen molar-refractivity contribution in [3.8, 4) is 0 Å². The second kappa shape index (κ2) is 4.26. The molecule has 0 unspecified atom stereocenters. The van der Waals surface area contributed by atoms with Crippen LogP contribution in [0.1, 0.15) is 45.9 Å². The third-order valence-electron chi connectivity index (χ3n) is 4.55. The van der Waals surface area contributed by atoms with E-state index in [1.54, 1.807) is 0 Å². The SMILES string of the molecule is Cl[C@H]1C[C@@H]2c3ccccc3[C@H]1c1ccccc1[C@@H]2Cl. The summed E-state index contributed by atoms with van der Waals surface area (Å²) in [6, 6.07) is 17.2. The minimum atomic E-state index is 0.0334. The lowest BCUT2D eigenvalue weighted by Gasteiger charge is -2.32. The molecule has 5 rings (SSSR count). The molecule has 0 radical (unpaired) electrons. The first-order valence-electron chi connectivity index (χ1n) is 6.73. The summed E-state index contributed by atoms with van der Waals surface area (Å²) in [5, 5.41) is 0.177. The van der Waals surface area contributed by atoms with Crippen LogP contribution in [-0.4, -0.2) is 5.38 Å². The van der Waals surface area contributed by atoms with Crippen molar-refractivity contribution in [3.05, 3.63) is 70.8 Å². The van der Waals surface area contributed by atoms with E-state index in [0.717, 1.165) is 6.42 Å². The molecule has 2 bridgehead atoms. The van der Waals surface area contributed by atoms with Crippen molar-refractivity contribution in [1.29, 1.82) is 0 Å². The second-order valence-electron chi connectivity index (χ2n) is 5.50. The lowest BCUT2D eigenvalue weighted by Crippen LogP contribution is -2.23. The molecule has 0 fully saturated rings. The lowest BCUT2D eigenvalue weighted by molar-refractivity contribution is 0.541. The van der Waals surface area contributed by atoms with Gasteiger partial charge in [0.1, 0.15) is 0 Å². The standard InChI is InChI=1S/C17H14Cl2/c18-15-9-14-10-5-1-2-6-11(10)16(15)12-7-3-4-8-13(12)17(14)19/h1-8,14-17H,9H2/t14-,15+,16+,17+/m1/s1. The average molecular weight is 289 g/mol. The normalized spacial score (nSPS) is 31.5. The zero-order valence-electron chi connectivity index (χ0n) is 10.4. The fourth-order valence-corrected chi connectivity index (χ4v) is 4.63. The van der Waals surface area contributed by atoms with Crippen LogP contribution in [0, 0.1) is 0 Å². The Morgan fingerprint density at radius 3 is 1.95 bits per heavy atom. The molecule has 0 saturated heterocycles. The Labute approximate surface area is 123 Å². The maximum Gasteiger partial charge on any atom is 0.0657 e. The highest BCUT2D eigenvalue weighted by Crippen LogP contribution is 2.56. The van der Waals surface area contributed by atoms with Gasteiger partial charge >= 0.3 is 0 Å².